The third-order valence-electron chi connectivity index (χ3n) is 2.87. The van der Waals surface area contributed by atoms with Gasteiger partial charge >= 0.3 is 0 Å². The number of furan rings is 1. The highest BCUT2D eigenvalue weighted by molar-refractivity contribution is 9.10. The molecule has 0 radical (unpaired) electrons. The first-order chi connectivity index (χ1) is 8.67. The Kier molecular flexibility index (Phi) is 4.14. The van der Waals surface area contributed by atoms with Crippen molar-refractivity contribution in [3.8, 4) is 0 Å². The molecule has 2 aromatic rings. The van der Waals surface area contributed by atoms with E-state index in [1.165, 1.54) is 0 Å². The van der Waals surface area contributed by atoms with Crippen LogP contribution >= 0.6 is 15.9 Å². The molecule has 2 heterocycles. The van der Waals surface area contributed by atoms with Crippen molar-refractivity contribution < 1.29 is 4.42 Å². The van der Waals surface area contributed by atoms with Crippen molar-refractivity contribution >= 4 is 15.9 Å². The molecule has 0 saturated heterocycles. The van der Waals surface area contributed by atoms with Gasteiger partial charge in [0.15, 0.2) is 0 Å². The Balaban J connectivity index is 2.51. The van der Waals surface area contributed by atoms with Crippen LogP contribution < -0.4 is 5.32 Å². The van der Waals surface area contributed by atoms with Gasteiger partial charge in [0.1, 0.15) is 5.76 Å². The van der Waals surface area contributed by atoms with Crippen LogP contribution in [0.2, 0.25) is 0 Å². The molecule has 0 aromatic carbocycles. The lowest BCUT2D eigenvalue weighted by Crippen LogP contribution is -2.20. The van der Waals surface area contributed by atoms with Gasteiger partial charge in [-0.2, -0.15) is 10.2 Å². The number of halogens is 1. The first-order valence-electron chi connectivity index (χ1n) is 5.90. The lowest BCUT2D eigenvalue weighted by atomic mass is 10.0. The van der Waals surface area contributed by atoms with E-state index >= 15 is 0 Å². The fourth-order valence-electron chi connectivity index (χ4n) is 2.00. The molecule has 1 unspecified atom stereocenters. The quantitative estimate of drug-likeness (QED) is 0.943. The molecule has 0 aliphatic rings. The highest BCUT2D eigenvalue weighted by atomic mass is 79.9. The van der Waals surface area contributed by atoms with Crippen LogP contribution in [-0.4, -0.2) is 17.2 Å². The van der Waals surface area contributed by atoms with Gasteiger partial charge in [-0.3, -0.25) is 0 Å². The van der Waals surface area contributed by atoms with Gasteiger partial charge in [-0.05, 0) is 48.5 Å². The van der Waals surface area contributed by atoms with Crippen molar-refractivity contribution in [2.75, 3.05) is 7.05 Å². The summed E-state index contributed by atoms with van der Waals surface area (Å²) in [5, 5.41) is 11.6. The predicted molar refractivity (Wildman–Crippen MR) is 73.5 cm³/mol. The van der Waals surface area contributed by atoms with Gasteiger partial charge in [0.25, 0.3) is 0 Å². The molecule has 4 nitrogen and oxygen atoms in total. The Labute approximate surface area is 115 Å². The van der Waals surface area contributed by atoms with Crippen LogP contribution in [-0.2, 0) is 6.42 Å². The van der Waals surface area contributed by atoms with Gasteiger partial charge in [0, 0.05) is 5.56 Å². The molecule has 5 heteroatoms. The molecule has 0 saturated carbocycles. The van der Waals surface area contributed by atoms with E-state index in [2.05, 4.69) is 44.4 Å². The fourth-order valence-corrected chi connectivity index (χ4v) is 2.43. The molecule has 0 fully saturated rings. The molecule has 96 valence electrons. The summed E-state index contributed by atoms with van der Waals surface area (Å²) in [5.41, 5.74) is 3.01. The lowest BCUT2D eigenvalue weighted by Gasteiger charge is -2.17. The summed E-state index contributed by atoms with van der Waals surface area (Å²) in [6.45, 7) is 4.02. The van der Waals surface area contributed by atoms with E-state index in [0.717, 1.165) is 33.6 Å². The second-order valence-electron chi connectivity index (χ2n) is 4.10. The number of aromatic nitrogens is 2. The summed E-state index contributed by atoms with van der Waals surface area (Å²) in [6, 6.07) is 3.94. The summed E-state index contributed by atoms with van der Waals surface area (Å²) in [6.07, 6.45) is 2.52. The second-order valence-corrected chi connectivity index (χ2v) is 4.95. The van der Waals surface area contributed by atoms with E-state index in [4.69, 9.17) is 4.42 Å². The lowest BCUT2D eigenvalue weighted by molar-refractivity contribution is 0.458. The standard InChI is InChI=1S/C13H16BrN3O/c1-4-11-9(7-8(2)16-17-11)12(15-3)13-10(14)5-6-18-13/h5-7,12,15H,4H2,1-3H3. The topological polar surface area (TPSA) is 51.0 Å². The summed E-state index contributed by atoms with van der Waals surface area (Å²) in [7, 11) is 1.91. The number of rotatable bonds is 4. The zero-order chi connectivity index (χ0) is 13.1. The smallest absolute Gasteiger partial charge is 0.139 e. The minimum atomic E-state index is -0.0153. The van der Waals surface area contributed by atoms with E-state index in [1.54, 1.807) is 6.26 Å². The molecule has 2 aromatic heterocycles. The average Bonchev–Trinajstić information content (AvgIpc) is 2.77. The molecule has 2 rings (SSSR count). The van der Waals surface area contributed by atoms with Crippen LogP contribution in [0.15, 0.2) is 27.3 Å². The number of nitrogens with one attached hydrogen (secondary N) is 1. The van der Waals surface area contributed by atoms with E-state index in [-0.39, 0.29) is 6.04 Å². The minimum Gasteiger partial charge on any atom is -0.466 e. The average molecular weight is 310 g/mol. The normalized spacial score (nSPS) is 12.7. The highest BCUT2D eigenvalue weighted by Crippen LogP contribution is 2.30. The van der Waals surface area contributed by atoms with Gasteiger partial charge in [-0.1, -0.05) is 6.92 Å². The van der Waals surface area contributed by atoms with E-state index < -0.39 is 0 Å². The third-order valence-corrected chi connectivity index (χ3v) is 3.52. The summed E-state index contributed by atoms with van der Waals surface area (Å²) in [5.74, 6) is 0.861. The van der Waals surface area contributed by atoms with Crippen LogP contribution in [0.4, 0.5) is 0 Å². The van der Waals surface area contributed by atoms with Gasteiger partial charge < -0.3 is 9.73 Å². The Bertz CT molecular complexity index is 539. The van der Waals surface area contributed by atoms with E-state index in [1.807, 2.05) is 20.0 Å². The van der Waals surface area contributed by atoms with Crippen LogP contribution in [0.3, 0.4) is 0 Å². The van der Waals surface area contributed by atoms with Crippen molar-refractivity contribution in [2.24, 2.45) is 0 Å². The Hall–Kier alpha value is -1.20. The van der Waals surface area contributed by atoms with Crippen molar-refractivity contribution in [2.45, 2.75) is 26.3 Å². The molecular weight excluding hydrogens is 294 g/mol. The monoisotopic (exact) mass is 309 g/mol. The third kappa shape index (κ3) is 2.47. The van der Waals surface area contributed by atoms with Crippen LogP contribution in [0.25, 0.3) is 0 Å². The van der Waals surface area contributed by atoms with E-state index in [0.29, 0.717) is 0 Å². The zero-order valence-electron chi connectivity index (χ0n) is 10.7. The van der Waals surface area contributed by atoms with Crippen LogP contribution in [0.5, 0.6) is 0 Å². The molecule has 0 spiro atoms. The summed E-state index contributed by atoms with van der Waals surface area (Å²) >= 11 is 3.50. The van der Waals surface area contributed by atoms with Crippen LogP contribution in [0.1, 0.15) is 35.7 Å². The molecule has 1 atom stereocenters. The zero-order valence-corrected chi connectivity index (χ0v) is 12.3. The molecule has 18 heavy (non-hydrogen) atoms. The second kappa shape index (κ2) is 5.63. The van der Waals surface area contributed by atoms with E-state index in [9.17, 15) is 0 Å². The minimum absolute atomic E-state index is 0.0153. The van der Waals surface area contributed by atoms with Gasteiger partial charge in [-0.25, -0.2) is 0 Å². The summed E-state index contributed by atoms with van der Waals surface area (Å²) in [4.78, 5) is 0. The number of hydrogen-bond donors (Lipinski definition) is 1. The van der Waals surface area contributed by atoms with Gasteiger partial charge in [0.2, 0.25) is 0 Å². The first kappa shape index (κ1) is 13.2. The fraction of sp³-hybridized carbons (Fsp3) is 0.385. The molecule has 0 aliphatic heterocycles. The maximum Gasteiger partial charge on any atom is 0.139 e. The molecular formula is C13H16BrN3O. The van der Waals surface area contributed by atoms with Crippen molar-refractivity contribution in [1.82, 2.24) is 15.5 Å². The van der Waals surface area contributed by atoms with Gasteiger partial charge in [-0.15, -0.1) is 0 Å². The molecule has 0 aliphatic carbocycles. The first-order valence-corrected chi connectivity index (χ1v) is 6.70. The maximum absolute atomic E-state index is 5.55. The molecule has 1 N–H and O–H groups in total. The van der Waals surface area contributed by atoms with Gasteiger partial charge in [0.05, 0.1) is 28.2 Å². The van der Waals surface area contributed by atoms with Crippen LogP contribution in [0, 0.1) is 6.92 Å². The Morgan fingerprint density at radius 3 is 2.78 bits per heavy atom. The maximum atomic E-state index is 5.55. The van der Waals surface area contributed by atoms with Crippen molar-refractivity contribution in [1.29, 1.82) is 0 Å². The largest absolute Gasteiger partial charge is 0.466 e. The van der Waals surface area contributed by atoms with Crippen molar-refractivity contribution in [3.63, 3.8) is 0 Å². The molecule has 0 amide bonds. The number of aryl methyl sites for hydroxylation is 2. The Morgan fingerprint density at radius 1 is 1.44 bits per heavy atom. The predicted octanol–water partition coefficient (Wildman–Crippen LogP) is 3.01. The summed E-state index contributed by atoms with van der Waals surface area (Å²) < 4.78 is 6.51. The Morgan fingerprint density at radius 2 is 2.22 bits per heavy atom. The number of nitrogens with zero attached hydrogens (tertiary/aromatic N) is 2. The highest BCUT2D eigenvalue weighted by Gasteiger charge is 2.21. The number of hydrogen-bond acceptors (Lipinski definition) is 4. The van der Waals surface area contributed by atoms with Crippen molar-refractivity contribution in [3.05, 3.63) is 45.6 Å². The molecule has 0 bridgehead atoms. The SMILES string of the molecule is CCc1nnc(C)cc1C(NC)c1occc1Br.